The lowest BCUT2D eigenvalue weighted by molar-refractivity contribution is -0.136. The van der Waals surface area contributed by atoms with Crippen molar-refractivity contribution in [1.29, 1.82) is 0 Å². The molecule has 0 saturated carbocycles. The Bertz CT molecular complexity index is 830. The van der Waals surface area contributed by atoms with Crippen molar-refractivity contribution in [2.24, 2.45) is 5.92 Å². The lowest BCUT2D eigenvalue weighted by Gasteiger charge is -2.34. The standard InChI is InChI=1S/C21H25N3O5/c1-23(18-4-5-19(27)22-20(18)28)21(29)17-12-16(3-2-15(17)13-26)24-9-6-14(7-10-24)8-11-25/h2-3,11-14,18H,4-10H2,1H3,(H,22,27,28). The molecule has 2 saturated heterocycles. The Morgan fingerprint density at radius 1 is 1.21 bits per heavy atom. The van der Waals surface area contributed by atoms with E-state index in [1.165, 1.54) is 11.9 Å². The van der Waals surface area contributed by atoms with Crippen LogP contribution in [0.4, 0.5) is 5.69 Å². The zero-order valence-electron chi connectivity index (χ0n) is 16.4. The molecule has 3 amide bonds. The Labute approximate surface area is 169 Å². The third kappa shape index (κ3) is 4.52. The number of amides is 3. The molecule has 8 nitrogen and oxygen atoms in total. The highest BCUT2D eigenvalue weighted by Crippen LogP contribution is 2.27. The van der Waals surface area contributed by atoms with E-state index >= 15 is 0 Å². The van der Waals surface area contributed by atoms with Gasteiger partial charge in [0.15, 0.2) is 6.29 Å². The minimum atomic E-state index is -0.748. The van der Waals surface area contributed by atoms with Crippen molar-refractivity contribution < 1.29 is 24.0 Å². The summed E-state index contributed by atoms with van der Waals surface area (Å²) < 4.78 is 0. The monoisotopic (exact) mass is 399 g/mol. The second-order valence-electron chi connectivity index (χ2n) is 7.61. The topological polar surface area (TPSA) is 104 Å². The van der Waals surface area contributed by atoms with E-state index in [9.17, 15) is 24.0 Å². The number of nitrogens with one attached hydrogen (secondary N) is 1. The van der Waals surface area contributed by atoms with Gasteiger partial charge in [0, 0.05) is 44.2 Å². The molecule has 0 aromatic heterocycles. The first-order valence-corrected chi connectivity index (χ1v) is 9.83. The number of hydrogen-bond donors (Lipinski definition) is 1. The summed E-state index contributed by atoms with van der Waals surface area (Å²) in [5.74, 6) is -0.893. The van der Waals surface area contributed by atoms with Gasteiger partial charge in [-0.15, -0.1) is 0 Å². The van der Waals surface area contributed by atoms with E-state index in [-0.39, 0.29) is 29.9 Å². The van der Waals surface area contributed by atoms with E-state index in [1.54, 1.807) is 12.1 Å². The minimum absolute atomic E-state index is 0.171. The Hall–Kier alpha value is -3.03. The van der Waals surface area contributed by atoms with Gasteiger partial charge in [0.1, 0.15) is 12.3 Å². The van der Waals surface area contributed by atoms with E-state index < -0.39 is 17.9 Å². The number of carbonyl (C=O) groups is 5. The fourth-order valence-corrected chi connectivity index (χ4v) is 3.98. The minimum Gasteiger partial charge on any atom is -0.371 e. The van der Waals surface area contributed by atoms with Crippen LogP contribution in [0.1, 0.15) is 52.8 Å². The van der Waals surface area contributed by atoms with Crippen molar-refractivity contribution in [2.45, 2.75) is 38.1 Å². The molecule has 29 heavy (non-hydrogen) atoms. The van der Waals surface area contributed by atoms with Crippen LogP contribution in [0.15, 0.2) is 18.2 Å². The third-order valence-electron chi connectivity index (χ3n) is 5.80. The summed E-state index contributed by atoms with van der Waals surface area (Å²) in [4.78, 5) is 62.2. The second-order valence-corrected chi connectivity index (χ2v) is 7.61. The Balaban J connectivity index is 1.79. The van der Waals surface area contributed by atoms with Crippen molar-refractivity contribution in [3.63, 3.8) is 0 Å². The molecule has 0 radical (unpaired) electrons. The summed E-state index contributed by atoms with van der Waals surface area (Å²) in [6, 6.07) is 4.37. The zero-order valence-corrected chi connectivity index (χ0v) is 16.4. The summed E-state index contributed by atoms with van der Waals surface area (Å²) in [6.45, 7) is 1.55. The maximum absolute atomic E-state index is 13.1. The predicted octanol–water partition coefficient (Wildman–Crippen LogP) is 1.18. The summed E-state index contributed by atoms with van der Waals surface area (Å²) >= 11 is 0. The highest BCUT2D eigenvalue weighted by Gasteiger charge is 2.33. The van der Waals surface area contributed by atoms with Gasteiger partial charge in [-0.3, -0.25) is 24.5 Å². The molecule has 1 aromatic rings. The molecule has 1 unspecified atom stereocenters. The van der Waals surface area contributed by atoms with Crippen LogP contribution in [0.3, 0.4) is 0 Å². The maximum Gasteiger partial charge on any atom is 0.255 e. The molecule has 0 spiro atoms. The van der Waals surface area contributed by atoms with Gasteiger partial charge < -0.3 is 14.6 Å². The van der Waals surface area contributed by atoms with Crippen molar-refractivity contribution in [3.8, 4) is 0 Å². The molecule has 3 rings (SSSR count). The number of anilines is 1. The Kier molecular flexibility index (Phi) is 6.41. The number of piperidine rings is 2. The van der Waals surface area contributed by atoms with Crippen LogP contribution >= 0.6 is 0 Å². The van der Waals surface area contributed by atoms with Gasteiger partial charge in [-0.2, -0.15) is 0 Å². The van der Waals surface area contributed by atoms with Crippen LogP contribution in [0.25, 0.3) is 0 Å². The number of likely N-dealkylation sites (N-methyl/N-ethyl adjacent to an activating group) is 1. The molecule has 2 aliphatic rings. The van der Waals surface area contributed by atoms with Gasteiger partial charge in [0.25, 0.3) is 5.91 Å². The van der Waals surface area contributed by atoms with E-state index in [2.05, 4.69) is 10.2 Å². The van der Waals surface area contributed by atoms with Crippen LogP contribution in [-0.2, 0) is 14.4 Å². The molecule has 2 fully saturated rings. The molecule has 8 heteroatoms. The number of nitrogens with zero attached hydrogens (tertiary/aromatic N) is 2. The average Bonchev–Trinajstić information content (AvgIpc) is 2.73. The number of hydrogen-bond acceptors (Lipinski definition) is 6. The van der Waals surface area contributed by atoms with E-state index in [1.807, 2.05) is 6.07 Å². The molecule has 2 aliphatic heterocycles. The van der Waals surface area contributed by atoms with Gasteiger partial charge in [-0.25, -0.2) is 0 Å². The van der Waals surface area contributed by atoms with Crippen molar-refractivity contribution in [1.82, 2.24) is 10.2 Å². The van der Waals surface area contributed by atoms with Crippen molar-refractivity contribution in [2.75, 3.05) is 25.0 Å². The predicted molar refractivity (Wildman–Crippen MR) is 106 cm³/mol. The number of rotatable bonds is 6. The lowest BCUT2D eigenvalue weighted by Crippen LogP contribution is -2.53. The average molecular weight is 399 g/mol. The molecule has 1 atom stereocenters. The van der Waals surface area contributed by atoms with E-state index in [4.69, 9.17) is 0 Å². The summed E-state index contributed by atoms with van der Waals surface area (Å²) in [7, 11) is 1.51. The van der Waals surface area contributed by atoms with E-state index in [0.717, 1.165) is 37.9 Å². The van der Waals surface area contributed by atoms with Crippen LogP contribution in [-0.4, -0.2) is 61.4 Å². The van der Waals surface area contributed by atoms with Gasteiger partial charge in [0.2, 0.25) is 11.8 Å². The maximum atomic E-state index is 13.1. The number of carbonyl (C=O) groups excluding carboxylic acids is 5. The zero-order chi connectivity index (χ0) is 21.0. The molecule has 0 bridgehead atoms. The number of imide groups is 1. The van der Waals surface area contributed by atoms with Crippen LogP contribution in [0, 0.1) is 5.92 Å². The first kappa shape index (κ1) is 20.7. The second kappa shape index (κ2) is 8.98. The van der Waals surface area contributed by atoms with Gasteiger partial charge >= 0.3 is 0 Å². The number of benzene rings is 1. The highest BCUT2D eigenvalue weighted by atomic mass is 16.2. The molecule has 154 valence electrons. The SMILES string of the molecule is CN(C(=O)c1cc(N2CCC(CC=O)CC2)ccc1C=O)C1CCC(=O)NC1=O. The molecular formula is C21H25N3O5. The van der Waals surface area contributed by atoms with Gasteiger partial charge in [0.05, 0.1) is 5.56 Å². The van der Waals surface area contributed by atoms with Gasteiger partial charge in [-0.1, -0.05) is 0 Å². The normalized spacial score (nSPS) is 20.2. The van der Waals surface area contributed by atoms with Crippen LogP contribution in [0.2, 0.25) is 0 Å². The largest absolute Gasteiger partial charge is 0.371 e. The van der Waals surface area contributed by atoms with E-state index in [0.29, 0.717) is 18.6 Å². The number of aldehydes is 2. The summed E-state index contributed by atoms with van der Waals surface area (Å²) in [6.07, 6.45) is 4.38. The quantitative estimate of drug-likeness (QED) is 0.569. The van der Waals surface area contributed by atoms with Crippen molar-refractivity contribution >= 4 is 36.0 Å². The molecule has 2 heterocycles. The Morgan fingerprint density at radius 2 is 1.93 bits per heavy atom. The fourth-order valence-electron chi connectivity index (χ4n) is 3.98. The molecule has 1 aromatic carbocycles. The highest BCUT2D eigenvalue weighted by molar-refractivity contribution is 6.06. The summed E-state index contributed by atoms with van der Waals surface area (Å²) in [5.41, 5.74) is 1.33. The Morgan fingerprint density at radius 3 is 2.55 bits per heavy atom. The third-order valence-corrected chi connectivity index (χ3v) is 5.80. The molecule has 1 N–H and O–H groups in total. The van der Waals surface area contributed by atoms with Gasteiger partial charge in [-0.05, 0) is 43.4 Å². The lowest BCUT2D eigenvalue weighted by atomic mass is 9.93. The van der Waals surface area contributed by atoms with Crippen LogP contribution in [0.5, 0.6) is 0 Å². The first-order chi connectivity index (χ1) is 13.9. The first-order valence-electron chi connectivity index (χ1n) is 9.83. The molecule has 0 aliphatic carbocycles. The fraction of sp³-hybridized carbons (Fsp3) is 0.476. The summed E-state index contributed by atoms with van der Waals surface area (Å²) in [5, 5.41) is 2.25. The molecular weight excluding hydrogens is 374 g/mol. The smallest absolute Gasteiger partial charge is 0.255 e. The van der Waals surface area contributed by atoms with Crippen molar-refractivity contribution in [3.05, 3.63) is 29.3 Å². The van der Waals surface area contributed by atoms with Crippen LogP contribution < -0.4 is 10.2 Å².